The third-order valence-electron chi connectivity index (χ3n) is 2.89. The highest BCUT2D eigenvalue weighted by molar-refractivity contribution is 5.59. The molecule has 0 saturated carbocycles. The summed E-state index contributed by atoms with van der Waals surface area (Å²) in [5, 5.41) is 11.1. The molecule has 1 atom stereocenters. The Morgan fingerprint density at radius 3 is 2.24 bits per heavy atom. The van der Waals surface area contributed by atoms with E-state index in [1.807, 2.05) is 0 Å². The van der Waals surface area contributed by atoms with Crippen LogP contribution in [0.2, 0.25) is 0 Å². The van der Waals surface area contributed by atoms with Gasteiger partial charge in [0.15, 0.2) is 0 Å². The molecule has 2 rings (SSSR count). The van der Waals surface area contributed by atoms with E-state index in [9.17, 15) is 17.6 Å². The molecule has 0 heterocycles. The van der Waals surface area contributed by atoms with Crippen LogP contribution in [0.15, 0.2) is 48.5 Å². The quantitative estimate of drug-likeness (QED) is 0.851. The van der Waals surface area contributed by atoms with Crippen LogP contribution in [-0.2, 0) is 0 Å². The predicted octanol–water partition coefficient (Wildman–Crippen LogP) is 4.41. The van der Waals surface area contributed by atoms with Crippen molar-refractivity contribution in [2.45, 2.75) is 12.2 Å². The summed E-state index contributed by atoms with van der Waals surface area (Å²) < 4.78 is 53.0. The molecule has 0 fully saturated rings. The zero-order chi connectivity index (χ0) is 15.5. The molecular weight excluding hydrogens is 284 g/mol. The summed E-state index contributed by atoms with van der Waals surface area (Å²) in [7, 11) is 0. The summed E-state index contributed by atoms with van der Waals surface area (Å²) in [6.45, 7) is 0. The SMILES string of the molecule is N#Cc1c(F)cccc1NC(c1ccccc1)C(F)(F)F. The van der Waals surface area contributed by atoms with Crippen LogP contribution in [0.4, 0.5) is 23.2 Å². The van der Waals surface area contributed by atoms with Crippen molar-refractivity contribution in [1.82, 2.24) is 0 Å². The molecule has 0 radical (unpaired) electrons. The lowest BCUT2D eigenvalue weighted by Crippen LogP contribution is -2.28. The first kappa shape index (κ1) is 14.9. The number of alkyl halides is 3. The van der Waals surface area contributed by atoms with Gasteiger partial charge >= 0.3 is 6.18 Å². The number of nitrogens with zero attached hydrogens (tertiary/aromatic N) is 1. The minimum Gasteiger partial charge on any atom is -0.369 e. The zero-order valence-corrected chi connectivity index (χ0v) is 10.7. The van der Waals surface area contributed by atoms with E-state index in [4.69, 9.17) is 5.26 Å². The van der Waals surface area contributed by atoms with Crippen LogP contribution >= 0.6 is 0 Å². The van der Waals surface area contributed by atoms with Gasteiger partial charge in [0.2, 0.25) is 0 Å². The van der Waals surface area contributed by atoms with Crippen molar-refractivity contribution in [3.8, 4) is 6.07 Å². The molecule has 0 amide bonds. The van der Waals surface area contributed by atoms with E-state index in [0.29, 0.717) is 0 Å². The standard InChI is InChI=1S/C15H10F4N2/c16-12-7-4-8-13(11(12)9-20)21-14(15(17,18)19)10-5-2-1-3-6-10/h1-8,14,21H. The van der Waals surface area contributed by atoms with Gasteiger partial charge in [0.1, 0.15) is 23.5 Å². The highest BCUT2D eigenvalue weighted by atomic mass is 19.4. The maximum atomic E-state index is 13.5. The summed E-state index contributed by atoms with van der Waals surface area (Å²) >= 11 is 0. The summed E-state index contributed by atoms with van der Waals surface area (Å²) in [5.41, 5.74) is -0.649. The van der Waals surface area contributed by atoms with Crippen LogP contribution in [0.1, 0.15) is 17.2 Å². The van der Waals surface area contributed by atoms with E-state index in [1.165, 1.54) is 36.4 Å². The molecule has 0 bridgehead atoms. The molecule has 1 N–H and O–H groups in total. The Morgan fingerprint density at radius 2 is 1.67 bits per heavy atom. The van der Waals surface area contributed by atoms with Gasteiger partial charge in [-0.15, -0.1) is 0 Å². The number of halogens is 4. The molecule has 0 aliphatic rings. The molecule has 0 aliphatic heterocycles. The lowest BCUT2D eigenvalue weighted by molar-refractivity contribution is -0.144. The first-order valence-corrected chi connectivity index (χ1v) is 6.00. The van der Waals surface area contributed by atoms with Crippen LogP contribution in [0, 0.1) is 17.1 Å². The lowest BCUT2D eigenvalue weighted by atomic mass is 10.1. The Kier molecular flexibility index (Phi) is 4.13. The fourth-order valence-electron chi connectivity index (χ4n) is 1.91. The summed E-state index contributed by atoms with van der Waals surface area (Å²) in [4.78, 5) is 0. The van der Waals surface area contributed by atoms with Crippen LogP contribution < -0.4 is 5.32 Å². The van der Waals surface area contributed by atoms with E-state index in [0.717, 1.165) is 6.07 Å². The average Bonchev–Trinajstić information content (AvgIpc) is 2.44. The summed E-state index contributed by atoms with van der Waals surface area (Å²) in [5.74, 6) is -0.864. The second kappa shape index (κ2) is 5.83. The fraction of sp³-hybridized carbons (Fsp3) is 0.133. The molecule has 0 aromatic heterocycles. The molecule has 2 aromatic carbocycles. The summed E-state index contributed by atoms with van der Waals surface area (Å²) in [6, 6.07) is 10.2. The first-order valence-electron chi connectivity index (χ1n) is 6.00. The van der Waals surface area contributed by atoms with Crippen LogP contribution in [0.5, 0.6) is 0 Å². The molecule has 1 unspecified atom stereocenters. The monoisotopic (exact) mass is 294 g/mol. The number of benzene rings is 2. The van der Waals surface area contributed by atoms with E-state index >= 15 is 0 Å². The predicted molar refractivity (Wildman–Crippen MR) is 70.0 cm³/mol. The van der Waals surface area contributed by atoms with Gasteiger partial charge in [-0.1, -0.05) is 36.4 Å². The number of nitriles is 1. The third kappa shape index (κ3) is 3.31. The van der Waals surface area contributed by atoms with Gasteiger partial charge in [-0.3, -0.25) is 0 Å². The van der Waals surface area contributed by atoms with Gasteiger partial charge in [-0.25, -0.2) is 4.39 Å². The number of hydrogen-bond acceptors (Lipinski definition) is 2. The van der Waals surface area contributed by atoms with Gasteiger partial charge < -0.3 is 5.32 Å². The van der Waals surface area contributed by atoms with Gasteiger partial charge in [0.05, 0.1) is 5.69 Å². The average molecular weight is 294 g/mol. The van der Waals surface area contributed by atoms with Crippen molar-refractivity contribution in [3.05, 3.63) is 65.5 Å². The van der Waals surface area contributed by atoms with Crippen molar-refractivity contribution in [1.29, 1.82) is 5.26 Å². The Labute approximate surface area is 118 Å². The Morgan fingerprint density at radius 1 is 1.00 bits per heavy atom. The Balaban J connectivity index is 2.43. The van der Waals surface area contributed by atoms with Gasteiger partial charge in [0, 0.05) is 0 Å². The second-order valence-electron chi connectivity index (χ2n) is 4.30. The number of anilines is 1. The highest BCUT2D eigenvalue weighted by Crippen LogP contribution is 2.36. The van der Waals surface area contributed by atoms with E-state index in [1.54, 1.807) is 12.1 Å². The molecule has 0 spiro atoms. The molecule has 0 aliphatic carbocycles. The largest absolute Gasteiger partial charge is 0.412 e. The molecular formula is C15H10F4N2. The minimum atomic E-state index is -4.58. The third-order valence-corrected chi connectivity index (χ3v) is 2.89. The molecule has 21 heavy (non-hydrogen) atoms. The first-order chi connectivity index (χ1) is 9.93. The van der Waals surface area contributed by atoms with Crippen LogP contribution in [0.25, 0.3) is 0 Å². The van der Waals surface area contributed by atoms with Crippen molar-refractivity contribution in [2.24, 2.45) is 0 Å². The fourth-order valence-corrected chi connectivity index (χ4v) is 1.91. The lowest BCUT2D eigenvalue weighted by Gasteiger charge is -2.23. The van der Waals surface area contributed by atoms with Crippen molar-refractivity contribution in [2.75, 3.05) is 5.32 Å². The Bertz CT molecular complexity index is 660. The summed E-state index contributed by atoms with van der Waals surface area (Å²) in [6.07, 6.45) is -4.58. The number of hydrogen-bond donors (Lipinski definition) is 1. The van der Waals surface area contributed by atoms with Crippen LogP contribution in [0.3, 0.4) is 0 Å². The minimum absolute atomic E-state index is 0.0156. The van der Waals surface area contributed by atoms with Crippen molar-refractivity contribution in [3.63, 3.8) is 0 Å². The molecule has 6 heteroatoms. The molecule has 108 valence electrons. The van der Waals surface area contributed by atoms with Gasteiger partial charge in [0.25, 0.3) is 0 Å². The van der Waals surface area contributed by atoms with Gasteiger partial charge in [-0.05, 0) is 17.7 Å². The van der Waals surface area contributed by atoms with Crippen molar-refractivity contribution >= 4 is 5.69 Å². The number of rotatable bonds is 3. The topological polar surface area (TPSA) is 35.8 Å². The zero-order valence-electron chi connectivity index (χ0n) is 10.7. The van der Waals surface area contributed by atoms with E-state index in [2.05, 4.69) is 5.32 Å². The maximum Gasteiger partial charge on any atom is 0.412 e. The molecule has 0 saturated heterocycles. The Hall–Kier alpha value is -2.55. The molecule has 2 nitrogen and oxygen atoms in total. The van der Waals surface area contributed by atoms with E-state index < -0.39 is 23.6 Å². The van der Waals surface area contributed by atoms with Crippen molar-refractivity contribution < 1.29 is 17.6 Å². The molecule has 2 aromatic rings. The smallest absolute Gasteiger partial charge is 0.369 e. The highest BCUT2D eigenvalue weighted by Gasteiger charge is 2.41. The van der Waals surface area contributed by atoms with E-state index in [-0.39, 0.29) is 11.3 Å². The normalized spacial score (nSPS) is 12.5. The number of nitrogens with one attached hydrogen (secondary N) is 1. The second-order valence-corrected chi connectivity index (χ2v) is 4.30. The maximum absolute atomic E-state index is 13.5. The van der Waals surface area contributed by atoms with Gasteiger partial charge in [-0.2, -0.15) is 18.4 Å². The van der Waals surface area contributed by atoms with Crippen LogP contribution in [-0.4, -0.2) is 6.18 Å².